The van der Waals surface area contributed by atoms with Gasteiger partial charge in [-0.3, -0.25) is 4.79 Å². The molecule has 7 heterocycles. The zero-order chi connectivity index (χ0) is 44.3. The van der Waals surface area contributed by atoms with E-state index in [-0.39, 0.29) is 16.9 Å². The summed E-state index contributed by atoms with van der Waals surface area (Å²) < 4.78 is 25.2. The number of aromatic amines is 1. The van der Waals surface area contributed by atoms with E-state index in [1.807, 2.05) is 113 Å². The molecule has 9 aromatic rings. The minimum atomic E-state index is -0.0943. The molecule has 9 rings (SSSR count). The third-order valence-electron chi connectivity index (χ3n) is 9.27. The Hall–Kier alpha value is -7.25. The second-order valence-corrected chi connectivity index (χ2v) is 14.5. The molecule has 14 nitrogen and oxygen atoms in total. The van der Waals surface area contributed by atoms with Crippen LogP contribution in [-0.2, 0) is 4.79 Å². The Labute approximate surface area is 375 Å². The minimum Gasteiger partial charge on any atom is -0.464 e. The summed E-state index contributed by atoms with van der Waals surface area (Å²) in [6.45, 7) is 11.5. The third-order valence-corrected chi connectivity index (χ3v) is 9.97. The van der Waals surface area contributed by atoms with Crippen LogP contribution >= 0.6 is 27.5 Å². The number of aromatic nitrogens is 6. The summed E-state index contributed by atoms with van der Waals surface area (Å²) in [5.74, 6) is 8.22. The lowest BCUT2D eigenvalue weighted by atomic mass is 10.0. The van der Waals surface area contributed by atoms with Gasteiger partial charge in [-0.15, -0.1) is 23.4 Å². The van der Waals surface area contributed by atoms with Crippen LogP contribution in [0.15, 0.2) is 122 Å². The number of benzene rings is 2. The van der Waals surface area contributed by atoms with Gasteiger partial charge in [-0.1, -0.05) is 0 Å². The largest absolute Gasteiger partial charge is 0.464 e. The lowest BCUT2D eigenvalue weighted by molar-refractivity contribution is -0.105. The lowest BCUT2D eigenvalue weighted by Gasteiger charge is -2.14. The lowest BCUT2D eigenvalue weighted by Crippen LogP contribution is -2.13. The summed E-state index contributed by atoms with van der Waals surface area (Å²) in [4.78, 5) is 41.6. The number of hydrogen-bond donors (Lipinski definition) is 2. The molecule has 7 aromatic heterocycles. The second-order valence-electron chi connectivity index (χ2n) is 13.4. The van der Waals surface area contributed by atoms with Crippen molar-refractivity contribution in [2.45, 2.75) is 41.5 Å². The average molecular weight is 933 g/mol. The molecule has 0 aliphatic heterocycles. The number of carbonyl (C=O) groups excluding carboxylic acids is 1. The number of ether oxygens (including phenoxy) is 2. The first-order chi connectivity index (χ1) is 30.0. The summed E-state index contributed by atoms with van der Waals surface area (Å²) in [7, 11) is 0. The predicted octanol–water partition coefficient (Wildman–Crippen LogP) is 10.5. The maximum atomic E-state index is 12.2. The van der Waals surface area contributed by atoms with Crippen molar-refractivity contribution in [3.63, 3.8) is 0 Å². The van der Waals surface area contributed by atoms with E-state index < -0.39 is 0 Å². The van der Waals surface area contributed by atoms with Crippen LogP contribution in [0.1, 0.15) is 36.4 Å². The third kappa shape index (κ3) is 10.8. The minimum absolute atomic E-state index is 0. The highest BCUT2D eigenvalue weighted by Gasteiger charge is 2.16. The second kappa shape index (κ2) is 21.5. The first-order valence-corrected chi connectivity index (χ1v) is 20.3. The van der Waals surface area contributed by atoms with Crippen molar-refractivity contribution in [1.82, 2.24) is 29.3 Å². The summed E-state index contributed by atoms with van der Waals surface area (Å²) in [6, 6.07) is 22.6. The van der Waals surface area contributed by atoms with E-state index in [0.29, 0.717) is 45.5 Å². The van der Waals surface area contributed by atoms with E-state index in [1.54, 1.807) is 37.1 Å². The number of halogens is 2. The Kier molecular flexibility index (Phi) is 16.0. The van der Waals surface area contributed by atoms with Gasteiger partial charge in [-0.2, -0.15) is 0 Å². The van der Waals surface area contributed by atoms with Crippen LogP contribution in [0.5, 0.6) is 23.3 Å². The van der Waals surface area contributed by atoms with Crippen LogP contribution in [-0.4, -0.2) is 47.0 Å². The van der Waals surface area contributed by atoms with E-state index in [2.05, 4.69) is 52.7 Å². The van der Waals surface area contributed by atoms with Crippen LogP contribution in [0, 0.1) is 39.5 Å². The molecule has 0 bridgehead atoms. The van der Waals surface area contributed by atoms with Crippen molar-refractivity contribution in [2.24, 2.45) is 0 Å². The fraction of sp³-hybridized carbons (Fsp3) is 0.149. The Morgan fingerprint density at radius 2 is 1.37 bits per heavy atom. The number of H-pyrrole nitrogens is 1. The van der Waals surface area contributed by atoms with Crippen LogP contribution < -0.4 is 20.8 Å². The number of aryl methyl sites for hydroxylation is 4. The van der Waals surface area contributed by atoms with Crippen molar-refractivity contribution < 1.29 is 28.6 Å². The van der Waals surface area contributed by atoms with Crippen molar-refractivity contribution in [3.05, 3.63) is 141 Å². The zero-order valence-corrected chi connectivity index (χ0v) is 37.5. The number of pyridine rings is 2. The molecule has 0 aliphatic rings. The van der Waals surface area contributed by atoms with Gasteiger partial charge in [0.15, 0.2) is 5.82 Å². The smallest absolute Gasteiger partial charge is 0.272 e. The van der Waals surface area contributed by atoms with Crippen LogP contribution in [0.4, 0.5) is 5.82 Å². The number of nitrogens with one attached hydrogen (secondary N) is 1. The number of nitrogens with two attached hydrogens (primary N) is 1. The molecule has 16 heteroatoms. The van der Waals surface area contributed by atoms with Gasteiger partial charge in [0, 0.05) is 35.4 Å². The van der Waals surface area contributed by atoms with Gasteiger partial charge in [-0.25, -0.2) is 19.9 Å². The molecule has 0 amide bonds. The van der Waals surface area contributed by atoms with Crippen LogP contribution in [0.3, 0.4) is 0 Å². The fourth-order valence-electron chi connectivity index (χ4n) is 6.38. The summed E-state index contributed by atoms with van der Waals surface area (Å²) in [6.07, 6.45) is 9.10. The van der Waals surface area contributed by atoms with E-state index >= 15 is 0 Å². The van der Waals surface area contributed by atoms with Gasteiger partial charge in [0.25, 0.3) is 5.56 Å². The first-order valence-electron chi connectivity index (χ1n) is 19.0. The standard InChI is InChI=1S/C22H17N3O3.C19H15BrN4O2.C4H6.C2H3ClO.H2O/c1-13-12-15(28-22-17-8-11-27-19(17)7-9-23-22)5-6-16(13)20-14(2)24-21(26)18-4-3-10-25(18)20;1-10-9-12(26-19-14-6-8-25-15(14)5-7-22-19)3-4-13(10)16-11(2)23-17(20)18(21)24-16;1-3-4-2;3-1-2-4;/h3-12H,1-2H3,(H,24,26);3-9H,1-2H3,(H2,21,24);1-2H3;2H,1H2;1H2. The van der Waals surface area contributed by atoms with Crippen molar-refractivity contribution in [1.29, 1.82) is 0 Å². The molecule has 0 radical (unpaired) electrons. The Morgan fingerprint density at radius 1 is 0.825 bits per heavy atom. The van der Waals surface area contributed by atoms with E-state index in [4.69, 9.17) is 40.4 Å². The number of fused-ring (bicyclic) bond motifs is 3. The number of carbonyl (C=O) groups is 1. The molecule has 0 saturated heterocycles. The zero-order valence-electron chi connectivity index (χ0n) is 35.1. The molecule has 0 aliphatic carbocycles. The molecular formula is C47H43BrClN7O7. The highest BCUT2D eigenvalue weighted by Crippen LogP contribution is 2.35. The van der Waals surface area contributed by atoms with Gasteiger partial charge in [-0.05, 0) is 141 Å². The molecule has 0 atom stereocenters. The Balaban J connectivity index is 0.000000201. The molecule has 0 unspecified atom stereocenters. The number of rotatable bonds is 7. The molecule has 0 spiro atoms. The normalized spacial score (nSPS) is 10.2. The molecule has 0 saturated carbocycles. The molecule has 0 fully saturated rings. The predicted molar refractivity (Wildman–Crippen MR) is 250 cm³/mol. The van der Waals surface area contributed by atoms with Gasteiger partial charge in [0.2, 0.25) is 11.8 Å². The quantitative estimate of drug-likeness (QED) is 0.0873. The van der Waals surface area contributed by atoms with Crippen molar-refractivity contribution in [2.75, 3.05) is 11.6 Å². The van der Waals surface area contributed by atoms with E-state index in [9.17, 15) is 4.79 Å². The van der Waals surface area contributed by atoms with Gasteiger partial charge in [0.1, 0.15) is 39.1 Å². The topological polar surface area (TPSA) is 208 Å². The number of anilines is 1. The highest BCUT2D eigenvalue weighted by atomic mass is 79.9. The number of aldehydes is 1. The monoisotopic (exact) mass is 931 g/mol. The number of nitrogens with zero attached hydrogens (tertiary/aromatic N) is 5. The molecule has 5 N–H and O–H groups in total. The van der Waals surface area contributed by atoms with Gasteiger partial charge < -0.3 is 43.7 Å². The summed E-state index contributed by atoms with van der Waals surface area (Å²) in [5.41, 5.74) is 15.2. The van der Waals surface area contributed by atoms with Crippen LogP contribution in [0.25, 0.3) is 50.0 Å². The Morgan fingerprint density at radius 3 is 1.87 bits per heavy atom. The molecule has 63 heavy (non-hydrogen) atoms. The highest BCUT2D eigenvalue weighted by molar-refractivity contribution is 9.10. The molecule has 322 valence electrons. The average Bonchev–Trinajstić information content (AvgIpc) is 4.07. The van der Waals surface area contributed by atoms with Crippen molar-refractivity contribution in [3.8, 4) is 57.6 Å². The summed E-state index contributed by atoms with van der Waals surface area (Å²) in [5, 5.41) is 1.66. The Bertz CT molecular complexity index is 3140. The SMILES string of the molecule is CC#CC.Cc1cc(Oc2nccc3occc23)ccc1-c1c(C)[nH]c(=O)c2cccn12.Cc1cc(Oc2nccc3occc23)ccc1-c1nc(N)c(Br)nc1C.O.O=CCCl. The first kappa shape index (κ1) is 46.8. The maximum absolute atomic E-state index is 12.2. The van der Waals surface area contributed by atoms with Crippen LogP contribution in [0.2, 0.25) is 0 Å². The number of alkyl halides is 1. The number of nitrogen functional groups attached to an aromatic ring is 1. The van der Waals surface area contributed by atoms with E-state index in [0.717, 1.165) is 67.0 Å². The molecular weight excluding hydrogens is 890 g/mol. The number of furan rings is 2. The van der Waals surface area contributed by atoms with Gasteiger partial charge >= 0.3 is 0 Å². The maximum Gasteiger partial charge on any atom is 0.272 e. The molecule has 2 aromatic carbocycles. The summed E-state index contributed by atoms with van der Waals surface area (Å²) >= 11 is 8.12. The fourth-order valence-corrected chi connectivity index (χ4v) is 6.74. The van der Waals surface area contributed by atoms with Crippen molar-refractivity contribution >= 4 is 67.1 Å². The van der Waals surface area contributed by atoms with E-state index in [1.165, 1.54) is 0 Å². The number of hydrogen-bond acceptors (Lipinski definition) is 11. The van der Waals surface area contributed by atoms with Gasteiger partial charge in [0.05, 0.1) is 46.3 Å².